The molecule has 0 aromatic carbocycles. The normalized spacial score (nSPS) is 12.3. The molecule has 0 fully saturated rings. The summed E-state index contributed by atoms with van der Waals surface area (Å²) >= 11 is 0. The minimum Gasteiger partial charge on any atom is -0.462 e. The average Bonchev–Trinajstić information content (AvgIpc) is 3.15. The number of ether oxygens (including phenoxy) is 1. The molecule has 2 heteroatoms. The van der Waals surface area contributed by atoms with Gasteiger partial charge in [0.1, 0.15) is 6.10 Å². The molecule has 0 aliphatic carbocycles. The number of hydrogen-bond donors (Lipinski definition) is 0. The number of carbonyl (C=O) groups is 1. The van der Waals surface area contributed by atoms with Gasteiger partial charge in [-0.05, 0) is 57.8 Å². The topological polar surface area (TPSA) is 26.3 Å². The van der Waals surface area contributed by atoms with Gasteiger partial charge < -0.3 is 4.74 Å². The van der Waals surface area contributed by atoms with E-state index >= 15 is 0 Å². The summed E-state index contributed by atoms with van der Waals surface area (Å²) in [5, 5.41) is 0. The predicted molar refractivity (Wildman–Crippen MR) is 235 cm³/mol. The third kappa shape index (κ3) is 43.6. The molecule has 0 aliphatic rings. The lowest BCUT2D eigenvalue weighted by Crippen LogP contribution is -2.18. The van der Waals surface area contributed by atoms with E-state index in [4.69, 9.17) is 4.74 Å². The van der Waals surface area contributed by atoms with Gasteiger partial charge in [-0.2, -0.15) is 0 Å². The number of allylic oxidation sites excluding steroid dienone is 2. The first-order chi connectivity index (χ1) is 25.7. The Labute approximate surface area is 329 Å². The summed E-state index contributed by atoms with van der Waals surface area (Å²) in [6, 6.07) is 0. The SMILES string of the molecule is CCCCCCCC/C=C\CCCCCCCC(=O)OC(CCCCCCCCCCCCCC)CCCCCCCCCCCCCCCCC. The van der Waals surface area contributed by atoms with Crippen molar-refractivity contribution in [3.05, 3.63) is 12.2 Å². The lowest BCUT2D eigenvalue weighted by atomic mass is 10.0. The molecule has 2 nitrogen and oxygen atoms in total. The van der Waals surface area contributed by atoms with Crippen LogP contribution in [0.2, 0.25) is 0 Å². The number of unbranched alkanes of at least 4 members (excludes halogenated alkanes) is 36. The molecule has 0 aromatic rings. The molecule has 310 valence electrons. The quantitative estimate of drug-likeness (QED) is 0.0354. The standard InChI is InChI=1S/C50H98O2/c1-4-7-10-13-16-19-22-25-27-29-32-35-38-41-44-47-49(46-43-40-37-34-31-24-21-18-15-12-9-6-3)52-50(51)48-45-42-39-36-33-30-28-26-23-20-17-14-11-8-5-2/h26,28,49H,4-25,27,29-48H2,1-3H3/b28-26-. The second-order valence-corrected chi connectivity index (χ2v) is 16.9. The predicted octanol–water partition coefficient (Wildman–Crippen LogP) is 18.3. The molecule has 0 bridgehead atoms. The van der Waals surface area contributed by atoms with Crippen molar-refractivity contribution in [3.63, 3.8) is 0 Å². The van der Waals surface area contributed by atoms with E-state index in [9.17, 15) is 4.79 Å². The van der Waals surface area contributed by atoms with Crippen molar-refractivity contribution in [3.8, 4) is 0 Å². The van der Waals surface area contributed by atoms with Crippen molar-refractivity contribution in [2.75, 3.05) is 0 Å². The Hall–Kier alpha value is -0.790. The van der Waals surface area contributed by atoms with Crippen molar-refractivity contribution in [2.24, 2.45) is 0 Å². The van der Waals surface area contributed by atoms with E-state index in [0.717, 1.165) is 19.3 Å². The second-order valence-electron chi connectivity index (χ2n) is 16.9. The smallest absolute Gasteiger partial charge is 0.306 e. The minimum atomic E-state index is 0.0718. The Morgan fingerprint density at radius 2 is 0.596 bits per heavy atom. The lowest BCUT2D eigenvalue weighted by molar-refractivity contribution is -0.150. The van der Waals surface area contributed by atoms with Gasteiger partial charge in [-0.3, -0.25) is 4.79 Å². The van der Waals surface area contributed by atoms with Gasteiger partial charge in [0.15, 0.2) is 0 Å². The van der Waals surface area contributed by atoms with Crippen molar-refractivity contribution >= 4 is 5.97 Å². The van der Waals surface area contributed by atoms with Crippen LogP contribution in [-0.2, 0) is 9.53 Å². The zero-order chi connectivity index (χ0) is 37.7. The molecule has 0 N–H and O–H groups in total. The van der Waals surface area contributed by atoms with E-state index in [1.54, 1.807) is 0 Å². The average molecular weight is 731 g/mol. The maximum absolute atomic E-state index is 12.8. The molecule has 0 aliphatic heterocycles. The van der Waals surface area contributed by atoms with Crippen LogP contribution >= 0.6 is 0 Å². The Balaban J connectivity index is 4.08. The summed E-state index contributed by atoms with van der Waals surface area (Å²) in [7, 11) is 0. The van der Waals surface area contributed by atoms with E-state index in [-0.39, 0.29) is 12.1 Å². The highest BCUT2D eigenvalue weighted by Gasteiger charge is 2.14. The second kappa shape index (κ2) is 46.4. The van der Waals surface area contributed by atoms with Crippen LogP contribution in [0, 0.1) is 0 Å². The lowest BCUT2D eigenvalue weighted by Gasteiger charge is -2.18. The summed E-state index contributed by atoms with van der Waals surface area (Å²) in [6.45, 7) is 6.89. The van der Waals surface area contributed by atoms with Crippen LogP contribution in [0.15, 0.2) is 12.2 Å². The van der Waals surface area contributed by atoms with E-state index in [0.29, 0.717) is 6.42 Å². The molecule has 0 rings (SSSR count). The van der Waals surface area contributed by atoms with E-state index in [1.807, 2.05) is 0 Å². The monoisotopic (exact) mass is 731 g/mol. The maximum Gasteiger partial charge on any atom is 0.306 e. The summed E-state index contributed by atoms with van der Waals surface area (Å²) in [6.07, 6.45) is 62.1. The summed E-state index contributed by atoms with van der Waals surface area (Å²) in [4.78, 5) is 12.8. The maximum atomic E-state index is 12.8. The highest BCUT2D eigenvalue weighted by Crippen LogP contribution is 2.20. The van der Waals surface area contributed by atoms with Crippen molar-refractivity contribution in [1.29, 1.82) is 0 Å². The first kappa shape index (κ1) is 51.2. The number of carbonyl (C=O) groups excluding carboxylic acids is 1. The summed E-state index contributed by atoms with van der Waals surface area (Å²) < 4.78 is 6.14. The van der Waals surface area contributed by atoms with E-state index in [2.05, 4.69) is 32.9 Å². The van der Waals surface area contributed by atoms with Gasteiger partial charge in [-0.1, -0.05) is 245 Å². The third-order valence-electron chi connectivity index (χ3n) is 11.5. The largest absolute Gasteiger partial charge is 0.462 e. The Bertz CT molecular complexity index is 684. The molecule has 0 heterocycles. The molecule has 0 aromatic heterocycles. The van der Waals surface area contributed by atoms with Gasteiger partial charge in [0.2, 0.25) is 0 Å². The fourth-order valence-electron chi connectivity index (χ4n) is 7.80. The Kier molecular flexibility index (Phi) is 45.7. The number of rotatable bonds is 45. The fraction of sp³-hybridized carbons (Fsp3) is 0.940. The molecule has 1 unspecified atom stereocenters. The van der Waals surface area contributed by atoms with Crippen molar-refractivity contribution < 1.29 is 9.53 Å². The van der Waals surface area contributed by atoms with Crippen LogP contribution in [0.4, 0.5) is 0 Å². The van der Waals surface area contributed by atoms with Crippen LogP contribution in [0.1, 0.15) is 297 Å². The van der Waals surface area contributed by atoms with E-state index < -0.39 is 0 Å². The van der Waals surface area contributed by atoms with Gasteiger partial charge in [-0.15, -0.1) is 0 Å². The molecule has 0 saturated carbocycles. The molecule has 0 saturated heterocycles. The zero-order valence-electron chi connectivity index (χ0n) is 36.5. The van der Waals surface area contributed by atoms with Gasteiger partial charge >= 0.3 is 5.97 Å². The molecule has 0 amide bonds. The minimum absolute atomic E-state index is 0.0718. The molecular formula is C50H98O2. The van der Waals surface area contributed by atoms with Crippen molar-refractivity contribution in [1.82, 2.24) is 0 Å². The fourth-order valence-corrected chi connectivity index (χ4v) is 7.80. The molecule has 0 spiro atoms. The van der Waals surface area contributed by atoms with Crippen LogP contribution in [-0.4, -0.2) is 12.1 Å². The van der Waals surface area contributed by atoms with Crippen LogP contribution in [0.3, 0.4) is 0 Å². The third-order valence-corrected chi connectivity index (χ3v) is 11.5. The summed E-state index contributed by atoms with van der Waals surface area (Å²) in [5.41, 5.74) is 0. The van der Waals surface area contributed by atoms with Crippen LogP contribution < -0.4 is 0 Å². The van der Waals surface area contributed by atoms with Crippen LogP contribution in [0.25, 0.3) is 0 Å². The molecule has 1 atom stereocenters. The molecule has 52 heavy (non-hydrogen) atoms. The summed E-state index contributed by atoms with van der Waals surface area (Å²) in [5.74, 6) is 0.0718. The highest BCUT2D eigenvalue weighted by molar-refractivity contribution is 5.69. The van der Waals surface area contributed by atoms with Crippen molar-refractivity contribution in [2.45, 2.75) is 303 Å². The Morgan fingerprint density at radius 3 is 0.904 bits per heavy atom. The number of hydrogen-bond acceptors (Lipinski definition) is 2. The van der Waals surface area contributed by atoms with Gasteiger partial charge in [-0.25, -0.2) is 0 Å². The van der Waals surface area contributed by atoms with E-state index in [1.165, 1.54) is 250 Å². The molecule has 0 radical (unpaired) electrons. The van der Waals surface area contributed by atoms with Gasteiger partial charge in [0, 0.05) is 6.42 Å². The zero-order valence-corrected chi connectivity index (χ0v) is 36.5. The van der Waals surface area contributed by atoms with Gasteiger partial charge in [0.05, 0.1) is 0 Å². The highest BCUT2D eigenvalue weighted by atomic mass is 16.5. The Morgan fingerprint density at radius 1 is 0.346 bits per heavy atom. The van der Waals surface area contributed by atoms with Gasteiger partial charge in [0.25, 0.3) is 0 Å². The number of esters is 1. The first-order valence-corrected chi connectivity index (χ1v) is 24.6. The first-order valence-electron chi connectivity index (χ1n) is 24.6. The van der Waals surface area contributed by atoms with Crippen LogP contribution in [0.5, 0.6) is 0 Å². The molecular weight excluding hydrogens is 633 g/mol.